The first-order valence-corrected chi connectivity index (χ1v) is 5.80. The summed E-state index contributed by atoms with van der Waals surface area (Å²) in [6.45, 7) is 2.05. The molecule has 1 aromatic carbocycles. The smallest absolute Gasteiger partial charge is 0.186 e. The minimum atomic E-state index is 0.504. The summed E-state index contributed by atoms with van der Waals surface area (Å²) in [5.74, 6) is 0.836. The van der Waals surface area contributed by atoms with Crippen LogP contribution in [0, 0.1) is 0 Å². The van der Waals surface area contributed by atoms with Gasteiger partial charge in [0.15, 0.2) is 5.11 Å². The van der Waals surface area contributed by atoms with E-state index in [0.29, 0.717) is 5.11 Å². The molecule has 0 amide bonds. The SMILES string of the molecule is CC/C(=N/NC(=S)NC)c1ccc(OC)cc1. The number of methoxy groups -OCH3 is 1. The zero-order valence-corrected chi connectivity index (χ0v) is 11.1. The molecule has 0 radical (unpaired) electrons. The molecule has 0 aromatic heterocycles. The highest BCUT2D eigenvalue weighted by atomic mass is 32.1. The Morgan fingerprint density at radius 3 is 2.47 bits per heavy atom. The van der Waals surface area contributed by atoms with Crippen molar-refractivity contribution in [3.8, 4) is 5.75 Å². The number of ether oxygens (including phenoxy) is 1. The van der Waals surface area contributed by atoms with Crippen molar-refractivity contribution in [2.75, 3.05) is 14.2 Å². The Labute approximate surface area is 107 Å². The van der Waals surface area contributed by atoms with Crippen LogP contribution in [0.4, 0.5) is 0 Å². The van der Waals surface area contributed by atoms with Crippen LogP contribution in [0.3, 0.4) is 0 Å². The second-order valence-electron chi connectivity index (χ2n) is 3.33. The maximum atomic E-state index is 5.11. The van der Waals surface area contributed by atoms with Crippen LogP contribution in [0.2, 0.25) is 0 Å². The Hall–Kier alpha value is -1.62. The van der Waals surface area contributed by atoms with Crippen LogP contribution in [0.15, 0.2) is 29.4 Å². The molecular weight excluding hydrogens is 234 g/mol. The minimum Gasteiger partial charge on any atom is -0.497 e. The molecule has 0 saturated heterocycles. The zero-order valence-electron chi connectivity index (χ0n) is 10.3. The fourth-order valence-corrected chi connectivity index (χ4v) is 1.35. The maximum absolute atomic E-state index is 5.11. The van der Waals surface area contributed by atoms with E-state index in [4.69, 9.17) is 17.0 Å². The van der Waals surface area contributed by atoms with E-state index in [1.807, 2.05) is 31.2 Å². The zero-order chi connectivity index (χ0) is 12.7. The van der Waals surface area contributed by atoms with E-state index in [0.717, 1.165) is 23.4 Å². The first kappa shape index (κ1) is 13.4. The lowest BCUT2D eigenvalue weighted by atomic mass is 10.1. The highest BCUT2D eigenvalue weighted by Crippen LogP contribution is 2.12. The third-order valence-corrected chi connectivity index (χ3v) is 2.57. The Morgan fingerprint density at radius 2 is 2.00 bits per heavy atom. The highest BCUT2D eigenvalue weighted by molar-refractivity contribution is 7.80. The molecule has 4 nitrogen and oxygen atoms in total. The number of hydrogen-bond acceptors (Lipinski definition) is 3. The molecule has 0 aliphatic heterocycles. The highest BCUT2D eigenvalue weighted by Gasteiger charge is 2.02. The van der Waals surface area contributed by atoms with E-state index in [1.54, 1.807) is 14.2 Å². The van der Waals surface area contributed by atoms with Crippen molar-refractivity contribution in [1.29, 1.82) is 0 Å². The Balaban J connectivity index is 2.81. The van der Waals surface area contributed by atoms with E-state index < -0.39 is 0 Å². The lowest BCUT2D eigenvalue weighted by molar-refractivity contribution is 0.415. The van der Waals surface area contributed by atoms with Crippen LogP contribution in [0.25, 0.3) is 0 Å². The summed E-state index contributed by atoms with van der Waals surface area (Å²) in [4.78, 5) is 0. The van der Waals surface area contributed by atoms with Crippen molar-refractivity contribution in [1.82, 2.24) is 10.7 Å². The molecule has 1 rings (SSSR count). The molecule has 0 heterocycles. The molecular formula is C12H17N3OS. The topological polar surface area (TPSA) is 45.7 Å². The molecule has 0 bridgehead atoms. The van der Waals surface area contributed by atoms with Gasteiger partial charge >= 0.3 is 0 Å². The van der Waals surface area contributed by atoms with Crippen LogP contribution in [0.5, 0.6) is 5.75 Å². The molecule has 92 valence electrons. The summed E-state index contributed by atoms with van der Waals surface area (Å²) in [7, 11) is 3.40. The van der Waals surface area contributed by atoms with E-state index >= 15 is 0 Å². The summed E-state index contributed by atoms with van der Waals surface area (Å²) in [6, 6.07) is 7.78. The monoisotopic (exact) mass is 251 g/mol. The van der Waals surface area contributed by atoms with E-state index in [1.165, 1.54) is 0 Å². The minimum absolute atomic E-state index is 0.504. The fraction of sp³-hybridized carbons (Fsp3) is 0.333. The van der Waals surface area contributed by atoms with E-state index in [-0.39, 0.29) is 0 Å². The molecule has 0 atom stereocenters. The van der Waals surface area contributed by atoms with Crippen molar-refractivity contribution in [2.24, 2.45) is 5.10 Å². The molecule has 0 fully saturated rings. The molecule has 0 saturated carbocycles. The van der Waals surface area contributed by atoms with Gasteiger partial charge in [-0.3, -0.25) is 5.43 Å². The average Bonchev–Trinajstić information content (AvgIpc) is 2.39. The lowest BCUT2D eigenvalue weighted by Crippen LogP contribution is -2.29. The van der Waals surface area contributed by atoms with Gasteiger partial charge in [0.1, 0.15) is 5.75 Å². The summed E-state index contributed by atoms with van der Waals surface area (Å²) < 4.78 is 5.11. The van der Waals surface area contributed by atoms with Crippen LogP contribution in [0.1, 0.15) is 18.9 Å². The fourth-order valence-electron chi connectivity index (χ4n) is 1.31. The van der Waals surface area contributed by atoms with Crippen LogP contribution >= 0.6 is 12.2 Å². The molecule has 17 heavy (non-hydrogen) atoms. The molecule has 0 aliphatic carbocycles. The van der Waals surface area contributed by atoms with Crippen molar-refractivity contribution in [3.05, 3.63) is 29.8 Å². The Kier molecular flexibility index (Phi) is 5.42. The standard InChI is InChI=1S/C12H17N3OS/c1-4-11(14-15-12(17)13-2)9-5-7-10(16-3)8-6-9/h5-8H,4H2,1-3H3,(H2,13,15,17)/b14-11-. The van der Waals surface area contributed by atoms with Crippen molar-refractivity contribution >= 4 is 23.0 Å². The van der Waals surface area contributed by atoms with Gasteiger partial charge in [-0.05, 0) is 48.5 Å². The van der Waals surface area contributed by atoms with Gasteiger partial charge in [-0.2, -0.15) is 5.10 Å². The summed E-state index contributed by atoms with van der Waals surface area (Å²) in [5.41, 5.74) is 4.79. The van der Waals surface area contributed by atoms with Gasteiger partial charge in [-0.25, -0.2) is 0 Å². The van der Waals surface area contributed by atoms with Crippen molar-refractivity contribution in [2.45, 2.75) is 13.3 Å². The third-order valence-electron chi connectivity index (χ3n) is 2.28. The molecule has 2 N–H and O–H groups in total. The molecule has 0 aliphatic rings. The largest absolute Gasteiger partial charge is 0.497 e. The van der Waals surface area contributed by atoms with Gasteiger partial charge in [-0.15, -0.1) is 0 Å². The van der Waals surface area contributed by atoms with E-state index in [9.17, 15) is 0 Å². The van der Waals surface area contributed by atoms with Crippen LogP contribution in [-0.4, -0.2) is 25.0 Å². The van der Waals surface area contributed by atoms with Gasteiger partial charge in [0.05, 0.1) is 12.8 Å². The van der Waals surface area contributed by atoms with Crippen LogP contribution < -0.4 is 15.5 Å². The predicted molar refractivity (Wildman–Crippen MR) is 74.6 cm³/mol. The maximum Gasteiger partial charge on any atom is 0.186 e. The number of nitrogens with one attached hydrogen (secondary N) is 2. The predicted octanol–water partition coefficient (Wildman–Crippen LogP) is 1.90. The molecule has 0 unspecified atom stereocenters. The lowest BCUT2D eigenvalue weighted by Gasteiger charge is -2.07. The molecule has 1 aromatic rings. The van der Waals surface area contributed by atoms with E-state index in [2.05, 4.69) is 15.8 Å². The number of nitrogens with zero attached hydrogens (tertiary/aromatic N) is 1. The van der Waals surface area contributed by atoms with Gasteiger partial charge in [-0.1, -0.05) is 6.92 Å². The van der Waals surface area contributed by atoms with Crippen molar-refractivity contribution in [3.63, 3.8) is 0 Å². The quantitative estimate of drug-likeness (QED) is 0.487. The number of rotatable bonds is 4. The Bertz CT molecular complexity index is 401. The normalized spacial score (nSPS) is 10.9. The third kappa shape index (κ3) is 4.03. The van der Waals surface area contributed by atoms with Gasteiger partial charge < -0.3 is 10.1 Å². The number of hydrogen-bond donors (Lipinski definition) is 2. The molecule has 5 heteroatoms. The van der Waals surface area contributed by atoms with Crippen LogP contribution in [-0.2, 0) is 0 Å². The second kappa shape index (κ2) is 6.85. The summed E-state index contributed by atoms with van der Waals surface area (Å²) in [5, 5.41) is 7.57. The van der Waals surface area contributed by atoms with Crippen molar-refractivity contribution < 1.29 is 4.74 Å². The summed E-state index contributed by atoms with van der Waals surface area (Å²) >= 11 is 4.96. The van der Waals surface area contributed by atoms with Gasteiger partial charge in [0, 0.05) is 7.05 Å². The average molecular weight is 251 g/mol. The number of hydrazone groups is 1. The first-order chi connectivity index (χ1) is 8.21. The summed E-state index contributed by atoms with van der Waals surface area (Å²) in [6.07, 6.45) is 0.825. The Morgan fingerprint density at radius 1 is 1.35 bits per heavy atom. The molecule has 0 spiro atoms. The van der Waals surface area contributed by atoms with Gasteiger partial charge in [0.2, 0.25) is 0 Å². The van der Waals surface area contributed by atoms with Gasteiger partial charge in [0.25, 0.3) is 0 Å². The second-order valence-corrected chi connectivity index (χ2v) is 3.74. The number of thiocarbonyl (C=S) groups is 1. The first-order valence-electron chi connectivity index (χ1n) is 5.40. The number of benzene rings is 1.